The molecule has 8 heteroatoms. The van der Waals surface area contributed by atoms with Crippen molar-refractivity contribution in [2.24, 2.45) is 0 Å². The van der Waals surface area contributed by atoms with Crippen LogP contribution in [0.2, 0.25) is 0 Å². The van der Waals surface area contributed by atoms with Gasteiger partial charge in [-0.05, 0) is 38.0 Å². The van der Waals surface area contributed by atoms with Crippen molar-refractivity contribution in [3.8, 4) is 5.75 Å². The zero-order valence-corrected chi connectivity index (χ0v) is 21.8. The number of benzene rings is 1. The zero-order valence-electron chi connectivity index (χ0n) is 21.8. The third-order valence-electron chi connectivity index (χ3n) is 8.31. The van der Waals surface area contributed by atoms with Gasteiger partial charge >= 0.3 is 0 Å². The number of ether oxygens (including phenoxy) is 2. The lowest BCUT2D eigenvalue weighted by Crippen LogP contribution is -2.65. The Bertz CT molecular complexity index is 1080. The quantitative estimate of drug-likeness (QED) is 0.663. The van der Waals surface area contributed by atoms with Gasteiger partial charge in [-0.15, -0.1) is 0 Å². The number of nitrogens with zero attached hydrogens (tertiary/aromatic N) is 3. The molecule has 36 heavy (non-hydrogen) atoms. The van der Waals surface area contributed by atoms with Crippen LogP contribution in [0.5, 0.6) is 5.75 Å². The molecule has 8 nitrogen and oxygen atoms in total. The van der Waals surface area contributed by atoms with Crippen molar-refractivity contribution in [1.82, 2.24) is 19.7 Å². The van der Waals surface area contributed by atoms with Gasteiger partial charge < -0.3 is 24.3 Å². The Balaban J connectivity index is 1.45. The molecule has 1 atom stereocenters. The van der Waals surface area contributed by atoms with E-state index < -0.39 is 5.54 Å². The average Bonchev–Trinajstić information content (AvgIpc) is 3.23. The van der Waals surface area contributed by atoms with E-state index in [9.17, 15) is 9.59 Å². The van der Waals surface area contributed by atoms with E-state index in [1.807, 2.05) is 40.7 Å². The summed E-state index contributed by atoms with van der Waals surface area (Å²) in [7, 11) is 1.65. The minimum Gasteiger partial charge on any atom is -0.497 e. The fourth-order valence-electron chi connectivity index (χ4n) is 6.01. The number of methoxy groups -OCH3 is 1. The van der Waals surface area contributed by atoms with Crippen molar-refractivity contribution in [3.05, 3.63) is 30.0 Å². The SMILES string of the molecule is COc1ccc2cc3n(c2c1)C[C@@](C)(C(=O)NC1CCCCCCC1)N(CCN1CCOCC1)C3=O. The van der Waals surface area contributed by atoms with Gasteiger partial charge in [0.05, 0.1) is 32.4 Å². The Hall–Kier alpha value is -2.58. The Morgan fingerprint density at radius 2 is 1.81 bits per heavy atom. The first kappa shape index (κ1) is 25.1. The molecule has 1 aromatic carbocycles. The summed E-state index contributed by atoms with van der Waals surface area (Å²) in [5.74, 6) is 0.616. The lowest BCUT2D eigenvalue weighted by atomic mass is 9.92. The predicted molar refractivity (Wildman–Crippen MR) is 139 cm³/mol. The maximum absolute atomic E-state index is 14.0. The van der Waals surface area contributed by atoms with Gasteiger partial charge in [0.25, 0.3) is 5.91 Å². The van der Waals surface area contributed by atoms with Crippen LogP contribution in [0.4, 0.5) is 0 Å². The maximum atomic E-state index is 14.0. The second-order valence-corrected chi connectivity index (χ2v) is 10.7. The number of aromatic nitrogens is 1. The molecule has 0 radical (unpaired) electrons. The first-order valence-corrected chi connectivity index (χ1v) is 13.6. The van der Waals surface area contributed by atoms with Gasteiger partial charge in [0.2, 0.25) is 5.91 Å². The van der Waals surface area contributed by atoms with Crippen LogP contribution in [0.3, 0.4) is 0 Å². The van der Waals surface area contributed by atoms with Crippen LogP contribution < -0.4 is 10.1 Å². The minimum atomic E-state index is -0.978. The number of hydrogen-bond donors (Lipinski definition) is 1. The van der Waals surface area contributed by atoms with Crippen molar-refractivity contribution in [3.63, 3.8) is 0 Å². The molecule has 3 aliphatic rings. The van der Waals surface area contributed by atoms with Gasteiger partial charge in [-0.2, -0.15) is 0 Å². The van der Waals surface area contributed by atoms with Crippen molar-refractivity contribution < 1.29 is 19.1 Å². The molecular weight excluding hydrogens is 456 g/mol. The molecule has 1 aromatic heterocycles. The van der Waals surface area contributed by atoms with E-state index in [4.69, 9.17) is 9.47 Å². The smallest absolute Gasteiger partial charge is 0.271 e. The van der Waals surface area contributed by atoms with Crippen molar-refractivity contribution >= 4 is 22.7 Å². The largest absolute Gasteiger partial charge is 0.497 e. The van der Waals surface area contributed by atoms with Crippen LogP contribution >= 0.6 is 0 Å². The molecule has 2 fully saturated rings. The summed E-state index contributed by atoms with van der Waals surface area (Å²) in [6.45, 7) is 6.74. The molecule has 196 valence electrons. The number of nitrogens with one attached hydrogen (secondary N) is 1. The molecule has 2 aliphatic heterocycles. The van der Waals surface area contributed by atoms with Gasteiger partial charge in [0.15, 0.2) is 0 Å². The normalized spacial score (nSPS) is 24.3. The summed E-state index contributed by atoms with van der Waals surface area (Å²) in [6.07, 6.45) is 8.07. The van der Waals surface area contributed by atoms with Crippen molar-refractivity contribution in [2.75, 3.05) is 46.5 Å². The summed E-state index contributed by atoms with van der Waals surface area (Å²) < 4.78 is 13.0. The number of fused-ring (bicyclic) bond motifs is 3. The number of morpholine rings is 1. The average molecular weight is 497 g/mol. The first-order chi connectivity index (χ1) is 17.5. The van der Waals surface area contributed by atoms with E-state index in [0.717, 1.165) is 62.0 Å². The van der Waals surface area contributed by atoms with E-state index in [0.29, 0.717) is 32.0 Å². The highest BCUT2D eigenvalue weighted by atomic mass is 16.5. The Labute approximate surface area is 213 Å². The van der Waals surface area contributed by atoms with Crippen LogP contribution in [0.25, 0.3) is 10.9 Å². The molecule has 0 spiro atoms. The highest BCUT2D eigenvalue weighted by Crippen LogP contribution is 2.34. The van der Waals surface area contributed by atoms with Crippen LogP contribution in [-0.4, -0.2) is 84.3 Å². The lowest BCUT2D eigenvalue weighted by Gasteiger charge is -2.45. The monoisotopic (exact) mass is 496 g/mol. The van der Waals surface area contributed by atoms with Gasteiger partial charge in [-0.1, -0.05) is 32.1 Å². The standard InChI is InChI=1S/C28H40N4O4/c1-28(27(34)29-22-8-6-4-3-5-7-9-22)20-31-24-19-23(35-2)11-10-21(24)18-25(31)26(33)32(28)13-12-30-14-16-36-17-15-30/h10-11,18-19,22H,3-9,12-17,20H2,1-2H3,(H,29,34)/t28-/m0/s1. The maximum Gasteiger partial charge on any atom is 0.271 e. The Kier molecular flexibility index (Phi) is 7.53. The molecule has 5 rings (SSSR count). The number of hydrogen-bond acceptors (Lipinski definition) is 5. The number of carbonyl (C=O) groups is 2. The minimum absolute atomic E-state index is 0.0428. The third kappa shape index (κ3) is 4.98. The highest BCUT2D eigenvalue weighted by Gasteiger charge is 2.48. The lowest BCUT2D eigenvalue weighted by molar-refractivity contribution is -0.134. The van der Waals surface area contributed by atoms with E-state index in [-0.39, 0.29) is 17.9 Å². The van der Waals surface area contributed by atoms with Gasteiger partial charge in [-0.3, -0.25) is 14.5 Å². The van der Waals surface area contributed by atoms with E-state index in [1.54, 1.807) is 7.11 Å². The molecule has 1 aliphatic carbocycles. The summed E-state index contributed by atoms with van der Waals surface area (Å²) in [6, 6.07) is 7.98. The van der Waals surface area contributed by atoms with E-state index in [2.05, 4.69) is 10.2 Å². The predicted octanol–water partition coefficient (Wildman–Crippen LogP) is 3.43. The summed E-state index contributed by atoms with van der Waals surface area (Å²) in [4.78, 5) is 32.1. The molecule has 1 saturated heterocycles. The van der Waals surface area contributed by atoms with E-state index in [1.165, 1.54) is 19.3 Å². The van der Waals surface area contributed by atoms with Gasteiger partial charge in [0.1, 0.15) is 17.0 Å². The fraction of sp³-hybridized carbons (Fsp3) is 0.643. The molecule has 0 bridgehead atoms. The topological polar surface area (TPSA) is 76.0 Å². The van der Waals surface area contributed by atoms with Gasteiger partial charge in [0, 0.05) is 43.7 Å². The second-order valence-electron chi connectivity index (χ2n) is 10.7. The van der Waals surface area contributed by atoms with Crippen molar-refractivity contribution in [2.45, 2.75) is 70.0 Å². The van der Waals surface area contributed by atoms with Crippen LogP contribution in [0.15, 0.2) is 24.3 Å². The Morgan fingerprint density at radius 1 is 1.08 bits per heavy atom. The molecule has 2 amide bonds. The van der Waals surface area contributed by atoms with E-state index >= 15 is 0 Å². The summed E-state index contributed by atoms with van der Waals surface area (Å²) in [5, 5.41) is 4.36. The molecule has 0 unspecified atom stereocenters. The summed E-state index contributed by atoms with van der Waals surface area (Å²) in [5.41, 5.74) is 0.584. The van der Waals surface area contributed by atoms with Crippen molar-refractivity contribution in [1.29, 1.82) is 0 Å². The fourth-order valence-corrected chi connectivity index (χ4v) is 6.01. The number of rotatable bonds is 6. The third-order valence-corrected chi connectivity index (χ3v) is 8.31. The molecule has 1 saturated carbocycles. The highest BCUT2D eigenvalue weighted by molar-refractivity contribution is 6.03. The second kappa shape index (κ2) is 10.8. The van der Waals surface area contributed by atoms with Gasteiger partial charge in [-0.25, -0.2) is 0 Å². The molecule has 2 aromatic rings. The first-order valence-electron chi connectivity index (χ1n) is 13.6. The summed E-state index contributed by atoms with van der Waals surface area (Å²) >= 11 is 0. The van der Waals surface area contributed by atoms with Crippen LogP contribution in [-0.2, 0) is 16.1 Å². The molecular formula is C28H40N4O4. The number of amides is 2. The molecule has 3 heterocycles. The zero-order chi connectivity index (χ0) is 25.1. The molecule has 1 N–H and O–H groups in total. The number of carbonyl (C=O) groups excluding carboxylic acids is 2. The Morgan fingerprint density at radius 3 is 2.53 bits per heavy atom. The van der Waals surface area contributed by atoms with Crippen LogP contribution in [0, 0.1) is 0 Å². The van der Waals surface area contributed by atoms with Crippen LogP contribution in [0.1, 0.15) is 62.4 Å².